The van der Waals surface area contributed by atoms with Crippen molar-refractivity contribution in [1.29, 1.82) is 0 Å². The number of nitrogens with one attached hydrogen (secondary N) is 1. The Labute approximate surface area is 173 Å². The molecule has 1 saturated heterocycles. The van der Waals surface area contributed by atoms with Gasteiger partial charge in [0, 0.05) is 40.3 Å². The van der Waals surface area contributed by atoms with E-state index in [1.807, 2.05) is 42.7 Å². The van der Waals surface area contributed by atoms with Gasteiger partial charge in [0.15, 0.2) is 5.76 Å². The average molecular weight is 406 g/mol. The second-order valence-electron chi connectivity index (χ2n) is 7.19. The van der Waals surface area contributed by atoms with Crippen molar-refractivity contribution in [2.24, 2.45) is 0 Å². The van der Waals surface area contributed by atoms with Gasteiger partial charge in [-0.05, 0) is 56.3 Å². The fourth-order valence-corrected chi connectivity index (χ4v) is 3.75. The van der Waals surface area contributed by atoms with E-state index in [1.165, 1.54) is 0 Å². The minimum Gasteiger partial charge on any atom is -0.436 e. The smallest absolute Gasteiger partial charge is 0.228 e. The summed E-state index contributed by atoms with van der Waals surface area (Å²) >= 11 is 5.96. The maximum Gasteiger partial charge on any atom is 0.228 e. The number of benzene rings is 1. The highest BCUT2D eigenvalue weighted by Crippen LogP contribution is 2.29. The summed E-state index contributed by atoms with van der Waals surface area (Å²) in [6, 6.07) is 9.99. The fourth-order valence-electron chi connectivity index (χ4n) is 3.63. The Balaban J connectivity index is 1.40. The quantitative estimate of drug-likeness (QED) is 0.525. The first-order valence-electron chi connectivity index (χ1n) is 9.69. The van der Waals surface area contributed by atoms with E-state index in [0.717, 1.165) is 48.2 Å². The van der Waals surface area contributed by atoms with Gasteiger partial charge in [0.25, 0.3) is 0 Å². The van der Waals surface area contributed by atoms with Gasteiger partial charge in [-0.25, -0.2) is 4.98 Å². The zero-order valence-corrected chi connectivity index (χ0v) is 16.5. The normalized spacial score (nSPS) is 14.9. The molecule has 1 fully saturated rings. The monoisotopic (exact) mass is 405 g/mol. The summed E-state index contributed by atoms with van der Waals surface area (Å²) in [5.41, 5.74) is 3.80. The second-order valence-corrected chi connectivity index (χ2v) is 7.63. The van der Waals surface area contributed by atoms with Gasteiger partial charge in [-0.2, -0.15) is 5.10 Å². The fraction of sp³-hybridized carbons (Fsp3) is 0.227. The van der Waals surface area contributed by atoms with Crippen LogP contribution >= 0.6 is 11.6 Å². The van der Waals surface area contributed by atoms with Crippen molar-refractivity contribution >= 4 is 11.6 Å². The van der Waals surface area contributed by atoms with Crippen molar-refractivity contribution in [1.82, 2.24) is 25.1 Å². The van der Waals surface area contributed by atoms with Crippen molar-refractivity contribution < 1.29 is 4.42 Å². The van der Waals surface area contributed by atoms with Gasteiger partial charge in [-0.3, -0.25) is 9.67 Å². The summed E-state index contributed by atoms with van der Waals surface area (Å²) in [6.45, 7) is 2.08. The number of hydrogen-bond donors (Lipinski definition) is 1. The third-order valence-corrected chi connectivity index (χ3v) is 5.49. The largest absolute Gasteiger partial charge is 0.436 e. The highest BCUT2D eigenvalue weighted by atomic mass is 35.5. The molecule has 1 aliphatic heterocycles. The summed E-state index contributed by atoms with van der Waals surface area (Å²) in [5.74, 6) is 1.23. The van der Waals surface area contributed by atoms with Crippen LogP contribution in [0.5, 0.6) is 0 Å². The molecule has 7 heteroatoms. The van der Waals surface area contributed by atoms with Crippen LogP contribution in [-0.2, 0) is 0 Å². The third kappa shape index (κ3) is 3.81. The lowest BCUT2D eigenvalue weighted by molar-refractivity contribution is 0.343. The lowest BCUT2D eigenvalue weighted by Crippen LogP contribution is -2.29. The van der Waals surface area contributed by atoms with Crippen molar-refractivity contribution in [3.05, 3.63) is 66.3 Å². The Bertz CT molecular complexity index is 1110. The van der Waals surface area contributed by atoms with Crippen molar-refractivity contribution in [3.8, 4) is 33.9 Å². The highest BCUT2D eigenvalue weighted by molar-refractivity contribution is 6.30. The topological polar surface area (TPSA) is 68.8 Å². The van der Waals surface area contributed by atoms with Crippen LogP contribution < -0.4 is 5.32 Å². The summed E-state index contributed by atoms with van der Waals surface area (Å²) in [5, 5.41) is 8.66. The average Bonchev–Trinajstić information content (AvgIpc) is 3.46. The number of pyridine rings is 1. The number of aromatic nitrogens is 4. The zero-order chi connectivity index (χ0) is 19.6. The third-order valence-electron chi connectivity index (χ3n) is 5.24. The molecular formula is C22H20ClN5O. The van der Waals surface area contributed by atoms with Gasteiger partial charge in [-0.1, -0.05) is 11.6 Å². The molecule has 146 valence electrons. The van der Waals surface area contributed by atoms with E-state index in [1.54, 1.807) is 12.4 Å². The van der Waals surface area contributed by atoms with Crippen LogP contribution in [0.2, 0.25) is 5.02 Å². The number of rotatable bonds is 4. The van der Waals surface area contributed by atoms with E-state index < -0.39 is 0 Å². The Morgan fingerprint density at radius 3 is 2.55 bits per heavy atom. The van der Waals surface area contributed by atoms with Crippen LogP contribution in [0.4, 0.5) is 0 Å². The molecule has 4 heterocycles. The molecule has 1 N–H and O–H groups in total. The molecule has 29 heavy (non-hydrogen) atoms. The molecule has 6 nitrogen and oxygen atoms in total. The first-order valence-corrected chi connectivity index (χ1v) is 10.1. The summed E-state index contributed by atoms with van der Waals surface area (Å²) in [7, 11) is 0. The zero-order valence-electron chi connectivity index (χ0n) is 15.8. The van der Waals surface area contributed by atoms with E-state index in [2.05, 4.69) is 31.3 Å². The van der Waals surface area contributed by atoms with E-state index in [0.29, 0.717) is 22.7 Å². The Kier molecular flexibility index (Phi) is 4.87. The molecule has 3 aromatic heterocycles. The molecule has 0 amide bonds. The molecule has 1 aromatic carbocycles. The van der Waals surface area contributed by atoms with Gasteiger partial charge < -0.3 is 9.73 Å². The van der Waals surface area contributed by atoms with E-state index >= 15 is 0 Å². The van der Waals surface area contributed by atoms with Crippen molar-refractivity contribution in [3.63, 3.8) is 0 Å². The molecule has 0 radical (unpaired) electrons. The van der Waals surface area contributed by atoms with E-state index in [-0.39, 0.29) is 0 Å². The Morgan fingerprint density at radius 1 is 0.931 bits per heavy atom. The maximum absolute atomic E-state index is 5.96. The number of piperidine rings is 1. The molecule has 0 unspecified atom stereocenters. The molecule has 0 bridgehead atoms. The molecular weight excluding hydrogens is 386 g/mol. The van der Waals surface area contributed by atoms with Crippen molar-refractivity contribution in [2.45, 2.75) is 18.9 Å². The van der Waals surface area contributed by atoms with Crippen LogP contribution in [0.3, 0.4) is 0 Å². The summed E-state index contributed by atoms with van der Waals surface area (Å²) in [4.78, 5) is 8.82. The van der Waals surface area contributed by atoms with Gasteiger partial charge in [0.05, 0.1) is 24.0 Å². The van der Waals surface area contributed by atoms with Gasteiger partial charge >= 0.3 is 0 Å². The number of hydrogen-bond acceptors (Lipinski definition) is 5. The number of nitrogens with zero attached hydrogens (tertiary/aromatic N) is 4. The van der Waals surface area contributed by atoms with Gasteiger partial charge in [-0.15, -0.1) is 0 Å². The van der Waals surface area contributed by atoms with Crippen LogP contribution in [0.15, 0.2) is 65.7 Å². The standard InChI is InChI=1S/C22H20ClN5O/c23-19-3-1-15(2-4-19)21-13-26-22(29-21)17-9-16(10-25-11-17)18-12-27-28(14-18)20-5-7-24-8-6-20/h1-4,9-14,20,24H,5-8H2. The lowest BCUT2D eigenvalue weighted by Gasteiger charge is -2.22. The minimum absolute atomic E-state index is 0.454. The van der Waals surface area contributed by atoms with Crippen LogP contribution in [0, 0.1) is 0 Å². The molecule has 0 atom stereocenters. The predicted molar refractivity (Wildman–Crippen MR) is 113 cm³/mol. The Morgan fingerprint density at radius 2 is 1.72 bits per heavy atom. The first-order chi connectivity index (χ1) is 14.3. The number of oxazole rings is 1. The minimum atomic E-state index is 0.454. The highest BCUT2D eigenvalue weighted by Gasteiger charge is 2.16. The lowest BCUT2D eigenvalue weighted by atomic mass is 10.1. The summed E-state index contributed by atoms with van der Waals surface area (Å²) in [6.07, 6.45) is 11.5. The molecule has 4 aromatic rings. The Hall–Kier alpha value is -2.96. The van der Waals surface area contributed by atoms with E-state index in [9.17, 15) is 0 Å². The predicted octanol–water partition coefficient (Wildman–Crippen LogP) is 4.85. The molecule has 0 saturated carbocycles. The van der Waals surface area contributed by atoms with Crippen LogP contribution in [0.1, 0.15) is 18.9 Å². The van der Waals surface area contributed by atoms with E-state index in [4.69, 9.17) is 16.0 Å². The molecule has 0 aliphatic carbocycles. The number of halogens is 1. The maximum atomic E-state index is 5.96. The summed E-state index contributed by atoms with van der Waals surface area (Å²) < 4.78 is 8.04. The van der Waals surface area contributed by atoms with Crippen LogP contribution in [0.25, 0.3) is 33.9 Å². The molecule has 5 rings (SSSR count). The van der Waals surface area contributed by atoms with Gasteiger partial charge in [0.2, 0.25) is 5.89 Å². The SMILES string of the molecule is Clc1ccc(-c2cnc(-c3cncc(-c4cnn(C5CCNCC5)c4)c3)o2)cc1. The first kappa shape index (κ1) is 18.1. The van der Waals surface area contributed by atoms with Crippen LogP contribution in [-0.4, -0.2) is 32.8 Å². The molecule has 1 aliphatic rings. The molecule has 0 spiro atoms. The van der Waals surface area contributed by atoms with Crippen molar-refractivity contribution in [2.75, 3.05) is 13.1 Å². The van der Waals surface area contributed by atoms with Gasteiger partial charge in [0.1, 0.15) is 0 Å². The second kappa shape index (κ2) is 7.81.